The molecule has 18 heavy (non-hydrogen) atoms. The van der Waals surface area contributed by atoms with Gasteiger partial charge in [-0.2, -0.15) is 0 Å². The number of amides is 1. The van der Waals surface area contributed by atoms with E-state index in [9.17, 15) is 4.79 Å². The van der Waals surface area contributed by atoms with Crippen molar-refractivity contribution < 1.29 is 4.79 Å². The molecule has 0 aromatic carbocycles. The van der Waals surface area contributed by atoms with E-state index in [0.717, 1.165) is 18.9 Å². The Morgan fingerprint density at radius 1 is 1.22 bits per heavy atom. The molecule has 1 aliphatic carbocycles. The highest BCUT2D eigenvalue weighted by molar-refractivity contribution is 5.76. The number of hydrogen-bond acceptors (Lipinski definition) is 2. The van der Waals surface area contributed by atoms with Gasteiger partial charge in [-0.05, 0) is 51.9 Å². The van der Waals surface area contributed by atoms with Gasteiger partial charge in [0.2, 0.25) is 5.91 Å². The second kappa shape index (κ2) is 5.60. The minimum atomic E-state index is -0.225. The number of carbonyl (C=O) groups excluding carboxylic acids is 1. The molecular weight excluding hydrogens is 224 g/mol. The van der Waals surface area contributed by atoms with Crippen LogP contribution in [0.1, 0.15) is 65.2 Å². The molecule has 104 valence electrons. The molecule has 0 unspecified atom stereocenters. The summed E-state index contributed by atoms with van der Waals surface area (Å²) in [6, 6.07) is 0.542. The maximum Gasteiger partial charge on any atom is 0.222 e. The van der Waals surface area contributed by atoms with E-state index in [0.29, 0.717) is 18.4 Å². The van der Waals surface area contributed by atoms with E-state index < -0.39 is 0 Å². The fourth-order valence-corrected chi connectivity index (χ4v) is 3.51. The first-order valence-electron chi connectivity index (χ1n) is 7.56. The van der Waals surface area contributed by atoms with Crippen LogP contribution in [0, 0.1) is 5.92 Å². The molecule has 0 radical (unpaired) electrons. The van der Waals surface area contributed by atoms with Crippen LogP contribution >= 0.6 is 0 Å². The van der Waals surface area contributed by atoms with Gasteiger partial charge in [0.05, 0.1) is 0 Å². The molecule has 2 fully saturated rings. The summed E-state index contributed by atoms with van der Waals surface area (Å²) in [4.78, 5) is 14.5. The zero-order valence-electron chi connectivity index (χ0n) is 12.0. The molecule has 0 aromatic heterocycles. The van der Waals surface area contributed by atoms with E-state index in [4.69, 9.17) is 5.73 Å². The first kappa shape index (κ1) is 13.9. The van der Waals surface area contributed by atoms with Crippen molar-refractivity contribution in [2.45, 2.75) is 76.8 Å². The van der Waals surface area contributed by atoms with Gasteiger partial charge < -0.3 is 10.6 Å². The summed E-state index contributed by atoms with van der Waals surface area (Å²) >= 11 is 0. The molecule has 2 aliphatic rings. The number of nitrogens with two attached hydrogens (primary N) is 1. The number of hydrogen-bond donors (Lipinski definition) is 1. The number of likely N-dealkylation sites (tertiary alicyclic amines) is 1. The summed E-state index contributed by atoms with van der Waals surface area (Å²) in [5, 5.41) is 0. The lowest BCUT2D eigenvalue weighted by molar-refractivity contribution is -0.137. The van der Waals surface area contributed by atoms with Crippen molar-refractivity contribution in [3.05, 3.63) is 0 Å². The van der Waals surface area contributed by atoms with Crippen molar-refractivity contribution in [3.63, 3.8) is 0 Å². The summed E-state index contributed by atoms with van der Waals surface area (Å²) in [6.07, 6.45) is 9.15. The van der Waals surface area contributed by atoms with Gasteiger partial charge in [0.25, 0.3) is 0 Å². The van der Waals surface area contributed by atoms with Crippen LogP contribution in [0.25, 0.3) is 0 Å². The van der Waals surface area contributed by atoms with Gasteiger partial charge in [0.1, 0.15) is 0 Å². The Labute approximate surface area is 111 Å². The zero-order valence-corrected chi connectivity index (χ0v) is 12.0. The lowest BCUT2D eigenvalue weighted by Gasteiger charge is -2.44. The Morgan fingerprint density at radius 2 is 1.89 bits per heavy atom. The Kier molecular flexibility index (Phi) is 4.31. The van der Waals surface area contributed by atoms with Crippen molar-refractivity contribution >= 4 is 5.91 Å². The van der Waals surface area contributed by atoms with E-state index >= 15 is 0 Å². The Hall–Kier alpha value is -0.570. The fourth-order valence-electron chi connectivity index (χ4n) is 3.51. The zero-order chi connectivity index (χ0) is 13.2. The van der Waals surface area contributed by atoms with Gasteiger partial charge in [-0.3, -0.25) is 4.79 Å². The van der Waals surface area contributed by atoms with Crippen LogP contribution in [-0.4, -0.2) is 28.9 Å². The third kappa shape index (κ3) is 3.47. The predicted molar refractivity (Wildman–Crippen MR) is 74.2 cm³/mol. The van der Waals surface area contributed by atoms with Gasteiger partial charge in [-0.15, -0.1) is 0 Å². The third-order valence-electron chi connectivity index (χ3n) is 4.55. The molecule has 0 aromatic rings. The number of rotatable bonds is 3. The molecule has 1 saturated carbocycles. The maximum absolute atomic E-state index is 12.4. The van der Waals surface area contributed by atoms with Crippen LogP contribution in [0.2, 0.25) is 0 Å². The summed E-state index contributed by atoms with van der Waals surface area (Å²) in [5.74, 6) is 1.12. The quantitative estimate of drug-likeness (QED) is 0.839. The van der Waals surface area contributed by atoms with Gasteiger partial charge in [0.15, 0.2) is 0 Å². The van der Waals surface area contributed by atoms with Crippen LogP contribution in [0.5, 0.6) is 0 Å². The van der Waals surface area contributed by atoms with Gasteiger partial charge in [-0.1, -0.05) is 12.8 Å². The van der Waals surface area contributed by atoms with Gasteiger partial charge >= 0.3 is 0 Å². The van der Waals surface area contributed by atoms with E-state index in [2.05, 4.69) is 4.90 Å². The summed E-state index contributed by atoms with van der Waals surface area (Å²) in [5.41, 5.74) is 5.75. The molecule has 3 nitrogen and oxygen atoms in total. The first-order chi connectivity index (χ1) is 8.47. The Balaban J connectivity index is 1.91. The molecule has 0 spiro atoms. The molecule has 1 saturated heterocycles. The predicted octanol–water partition coefficient (Wildman–Crippen LogP) is 2.69. The molecule has 2 atom stereocenters. The highest BCUT2D eigenvalue weighted by Crippen LogP contribution is 2.35. The van der Waals surface area contributed by atoms with Crippen LogP contribution in [0.15, 0.2) is 0 Å². The molecule has 1 amide bonds. The number of fused-ring (bicyclic) bond motifs is 1. The normalized spacial score (nSPS) is 28.9. The SMILES string of the molecule is CC(C)(N)CCC(=O)N1CCC[C@H]2CCCC[C@H]21. The Bertz CT molecular complexity index is 293. The monoisotopic (exact) mass is 252 g/mol. The Morgan fingerprint density at radius 3 is 2.61 bits per heavy atom. The van der Waals surface area contributed by atoms with Crippen molar-refractivity contribution in [2.24, 2.45) is 11.7 Å². The van der Waals surface area contributed by atoms with Crippen LogP contribution in [0.4, 0.5) is 0 Å². The molecule has 1 aliphatic heterocycles. The van der Waals surface area contributed by atoms with Crippen molar-refractivity contribution in [3.8, 4) is 0 Å². The molecule has 1 heterocycles. The summed E-state index contributed by atoms with van der Waals surface area (Å²) < 4.78 is 0. The first-order valence-corrected chi connectivity index (χ1v) is 7.56. The van der Waals surface area contributed by atoms with Crippen molar-refractivity contribution in [2.75, 3.05) is 6.54 Å². The van der Waals surface area contributed by atoms with E-state index in [1.807, 2.05) is 13.8 Å². The van der Waals surface area contributed by atoms with Crippen LogP contribution in [-0.2, 0) is 4.79 Å². The average Bonchev–Trinajstić information content (AvgIpc) is 2.34. The highest BCUT2D eigenvalue weighted by atomic mass is 16.2. The van der Waals surface area contributed by atoms with Gasteiger partial charge in [0, 0.05) is 24.5 Å². The summed E-state index contributed by atoms with van der Waals surface area (Å²) in [7, 11) is 0. The minimum Gasteiger partial charge on any atom is -0.339 e. The molecule has 2 N–H and O–H groups in total. The highest BCUT2D eigenvalue weighted by Gasteiger charge is 2.35. The third-order valence-corrected chi connectivity index (χ3v) is 4.55. The standard InChI is InChI=1S/C15H28N2O/c1-15(2,16)10-9-14(18)17-11-5-7-12-6-3-4-8-13(12)17/h12-13H,3-11,16H2,1-2H3/t12-,13-/m1/s1. The second-order valence-corrected chi connectivity index (χ2v) is 6.83. The largest absolute Gasteiger partial charge is 0.339 e. The molecule has 3 heteroatoms. The number of nitrogens with zero attached hydrogens (tertiary/aromatic N) is 1. The molecular formula is C15H28N2O. The molecule has 2 rings (SSSR count). The van der Waals surface area contributed by atoms with E-state index in [1.54, 1.807) is 0 Å². The van der Waals surface area contributed by atoms with Crippen LogP contribution < -0.4 is 5.73 Å². The minimum absolute atomic E-state index is 0.225. The smallest absolute Gasteiger partial charge is 0.222 e. The van der Waals surface area contributed by atoms with Crippen LogP contribution in [0.3, 0.4) is 0 Å². The van der Waals surface area contributed by atoms with E-state index in [1.165, 1.54) is 38.5 Å². The van der Waals surface area contributed by atoms with Gasteiger partial charge in [-0.25, -0.2) is 0 Å². The number of carbonyl (C=O) groups is 1. The maximum atomic E-state index is 12.4. The molecule has 0 bridgehead atoms. The fraction of sp³-hybridized carbons (Fsp3) is 0.933. The van der Waals surface area contributed by atoms with Crippen molar-refractivity contribution in [1.82, 2.24) is 4.90 Å². The summed E-state index contributed by atoms with van der Waals surface area (Å²) in [6.45, 7) is 4.98. The topological polar surface area (TPSA) is 46.3 Å². The van der Waals surface area contributed by atoms with E-state index in [-0.39, 0.29) is 5.54 Å². The lowest BCUT2D eigenvalue weighted by Crippen LogP contribution is -2.50. The lowest BCUT2D eigenvalue weighted by atomic mass is 9.78. The number of piperidine rings is 1. The second-order valence-electron chi connectivity index (χ2n) is 6.83. The van der Waals surface area contributed by atoms with Crippen molar-refractivity contribution in [1.29, 1.82) is 0 Å². The average molecular weight is 252 g/mol.